The number of benzene rings is 1. The quantitative estimate of drug-likeness (QED) is 0.779. The maximum absolute atomic E-state index is 8.71. The van der Waals surface area contributed by atoms with Gasteiger partial charge in [-0.3, -0.25) is 0 Å². The Balaban J connectivity index is 2.50. The van der Waals surface area contributed by atoms with Crippen LogP contribution in [0.1, 0.15) is 5.56 Å². The van der Waals surface area contributed by atoms with Gasteiger partial charge in [-0.1, -0.05) is 27.9 Å². The van der Waals surface area contributed by atoms with Gasteiger partial charge in [0.25, 0.3) is 0 Å². The molecule has 0 N–H and O–H groups in total. The molecule has 0 saturated carbocycles. The second kappa shape index (κ2) is 4.68. The van der Waals surface area contributed by atoms with Crippen LogP contribution in [0.2, 0.25) is 0 Å². The van der Waals surface area contributed by atoms with E-state index in [0.29, 0.717) is 11.2 Å². The summed E-state index contributed by atoms with van der Waals surface area (Å²) in [6, 6.07) is 9.70. The zero-order valence-electron chi connectivity index (χ0n) is 8.66. The highest BCUT2D eigenvalue weighted by Crippen LogP contribution is 2.17. The second-order valence-corrected chi connectivity index (χ2v) is 3.85. The van der Waals surface area contributed by atoms with Crippen molar-refractivity contribution >= 4 is 17.2 Å². The molecule has 0 aliphatic rings. The highest BCUT2D eigenvalue weighted by molar-refractivity contribution is 7.02. The van der Waals surface area contributed by atoms with Crippen LogP contribution >= 0.6 is 11.5 Å². The van der Waals surface area contributed by atoms with Gasteiger partial charge in [0.15, 0.2) is 0 Å². The minimum Gasteiger partial charge on any atom is -0.221 e. The van der Waals surface area contributed by atoms with Crippen LogP contribution in [0.5, 0.6) is 0 Å². The minimum atomic E-state index is 0.357. The van der Waals surface area contributed by atoms with Crippen LogP contribution in [0.25, 0.3) is 0 Å². The molecule has 0 unspecified atom stereocenters. The van der Waals surface area contributed by atoms with Crippen molar-refractivity contribution in [2.45, 2.75) is 6.42 Å². The van der Waals surface area contributed by atoms with E-state index in [1.165, 1.54) is 11.5 Å². The van der Waals surface area contributed by atoms with Crippen LogP contribution in [-0.2, 0) is 13.5 Å². The SMILES string of the molecule is Cn1nnsc1=Nc1ccccc1CC#N. The molecule has 5 nitrogen and oxygen atoms in total. The smallest absolute Gasteiger partial charge is 0.221 e. The van der Waals surface area contributed by atoms with Crippen molar-refractivity contribution in [3.05, 3.63) is 34.6 Å². The number of nitrogens with zero attached hydrogens (tertiary/aromatic N) is 5. The first kappa shape index (κ1) is 10.5. The Labute approximate surface area is 96.5 Å². The van der Waals surface area contributed by atoms with Gasteiger partial charge in [-0.25, -0.2) is 9.67 Å². The van der Waals surface area contributed by atoms with Crippen molar-refractivity contribution < 1.29 is 0 Å². The fourth-order valence-electron chi connectivity index (χ4n) is 1.26. The van der Waals surface area contributed by atoms with Crippen molar-refractivity contribution in [1.29, 1.82) is 5.26 Å². The van der Waals surface area contributed by atoms with Gasteiger partial charge in [0, 0.05) is 18.6 Å². The number of aromatic nitrogens is 3. The zero-order chi connectivity index (χ0) is 11.4. The topological polar surface area (TPSA) is 66.9 Å². The Morgan fingerprint density at radius 2 is 2.31 bits per heavy atom. The molecule has 0 atom stereocenters. The number of nitriles is 1. The number of rotatable bonds is 2. The Morgan fingerprint density at radius 1 is 1.50 bits per heavy atom. The number of para-hydroxylation sites is 1. The van der Waals surface area contributed by atoms with Crippen molar-refractivity contribution in [1.82, 2.24) is 14.4 Å². The van der Waals surface area contributed by atoms with Crippen LogP contribution in [0.3, 0.4) is 0 Å². The summed E-state index contributed by atoms with van der Waals surface area (Å²) in [5.74, 6) is 0. The lowest BCUT2D eigenvalue weighted by Crippen LogP contribution is -2.11. The van der Waals surface area contributed by atoms with Gasteiger partial charge < -0.3 is 0 Å². The molecule has 1 aromatic carbocycles. The van der Waals surface area contributed by atoms with E-state index in [1.54, 1.807) is 11.7 Å². The summed E-state index contributed by atoms with van der Waals surface area (Å²) in [4.78, 5) is 5.14. The Morgan fingerprint density at radius 3 is 3.00 bits per heavy atom. The summed E-state index contributed by atoms with van der Waals surface area (Å²) >= 11 is 1.22. The molecule has 1 aromatic heterocycles. The van der Waals surface area contributed by atoms with Crippen molar-refractivity contribution in [2.24, 2.45) is 12.0 Å². The van der Waals surface area contributed by atoms with Crippen LogP contribution in [0, 0.1) is 11.3 Å². The van der Waals surface area contributed by atoms with Gasteiger partial charge in [-0.15, -0.1) is 0 Å². The van der Waals surface area contributed by atoms with Crippen molar-refractivity contribution in [2.75, 3.05) is 0 Å². The Kier molecular flexibility index (Phi) is 3.08. The van der Waals surface area contributed by atoms with Gasteiger partial charge in [-0.05, 0) is 11.6 Å². The maximum atomic E-state index is 8.71. The lowest BCUT2D eigenvalue weighted by molar-refractivity contribution is 0.686. The van der Waals surface area contributed by atoms with Crippen LogP contribution in [-0.4, -0.2) is 14.4 Å². The molecule has 0 aliphatic carbocycles. The molecule has 0 spiro atoms. The molecule has 0 aliphatic heterocycles. The predicted octanol–water partition coefficient (Wildman–Crippen LogP) is 1.18. The van der Waals surface area contributed by atoms with Gasteiger partial charge in [-0.2, -0.15) is 5.26 Å². The van der Waals surface area contributed by atoms with Crippen molar-refractivity contribution in [3.8, 4) is 6.07 Å². The third kappa shape index (κ3) is 2.15. The summed E-state index contributed by atoms with van der Waals surface area (Å²) in [6.07, 6.45) is 0.357. The van der Waals surface area contributed by atoms with E-state index in [2.05, 4.69) is 20.8 Å². The number of hydrogen-bond acceptors (Lipinski definition) is 5. The highest BCUT2D eigenvalue weighted by atomic mass is 32.1. The third-order valence-corrected chi connectivity index (χ3v) is 2.72. The average molecular weight is 231 g/mol. The van der Waals surface area contributed by atoms with Crippen LogP contribution in [0.4, 0.5) is 5.69 Å². The van der Waals surface area contributed by atoms with Crippen molar-refractivity contribution in [3.63, 3.8) is 0 Å². The molecule has 1 heterocycles. The number of aryl methyl sites for hydroxylation is 1. The number of hydrogen-bond donors (Lipinski definition) is 0. The Hall–Kier alpha value is -2.00. The van der Waals surface area contributed by atoms with Gasteiger partial charge in [0.05, 0.1) is 18.2 Å². The lowest BCUT2D eigenvalue weighted by Gasteiger charge is -1.99. The van der Waals surface area contributed by atoms with E-state index >= 15 is 0 Å². The second-order valence-electron chi connectivity index (χ2n) is 3.14. The highest BCUT2D eigenvalue weighted by Gasteiger charge is 2.00. The summed E-state index contributed by atoms with van der Waals surface area (Å²) in [6.45, 7) is 0. The molecule has 0 fully saturated rings. The molecule has 80 valence electrons. The fourth-order valence-corrected chi connectivity index (χ4v) is 1.77. The first-order valence-corrected chi connectivity index (χ1v) is 5.44. The van der Waals surface area contributed by atoms with Crippen LogP contribution in [0.15, 0.2) is 29.3 Å². The molecular formula is C10H9N5S. The van der Waals surface area contributed by atoms with E-state index in [0.717, 1.165) is 11.3 Å². The van der Waals surface area contributed by atoms with E-state index in [9.17, 15) is 0 Å². The summed E-state index contributed by atoms with van der Waals surface area (Å²) < 4.78 is 5.39. The standard InChI is InChI=1S/C10H9N5S/c1-15-10(16-14-13-15)12-9-5-3-2-4-8(9)6-7-11/h2-5H,6H2,1H3. The predicted molar refractivity (Wildman–Crippen MR) is 59.9 cm³/mol. The molecule has 2 rings (SSSR count). The normalized spacial score (nSPS) is 11.4. The first-order valence-electron chi connectivity index (χ1n) is 4.66. The van der Waals surface area contributed by atoms with Gasteiger partial charge in [0.1, 0.15) is 0 Å². The van der Waals surface area contributed by atoms with Gasteiger partial charge >= 0.3 is 0 Å². The van der Waals surface area contributed by atoms with E-state index < -0.39 is 0 Å². The fraction of sp³-hybridized carbons (Fsp3) is 0.200. The summed E-state index contributed by atoms with van der Waals surface area (Å²) in [5.41, 5.74) is 1.71. The van der Waals surface area contributed by atoms with E-state index in [-0.39, 0.29) is 0 Å². The monoisotopic (exact) mass is 231 g/mol. The minimum absolute atomic E-state index is 0.357. The molecular weight excluding hydrogens is 222 g/mol. The zero-order valence-corrected chi connectivity index (χ0v) is 9.48. The molecule has 0 amide bonds. The average Bonchev–Trinajstić information content (AvgIpc) is 2.68. The summed E-state index contributed by atoms with van der Waals surface area (Å²) in [7, 11) is 1.79. The largest absolute Gasteiger partial charge is 0.227 e. The Bertz CT molecular complexity index is 589. The summed E-state index contributed by atoms with van der Waals surface area (Å²) in [5, 5.41) is 12.5. The first-order chi connectivity index (χ1) is 7.81. The molecule has 16 heavy (non-hydrogen) atoms. The van der Waals surface area contributed by atoms with Gasteiger partial charge in [0.2, 0.25) is 4.80 Å². The lowest BCUT2D eigenvalue weighted by atomic mass is 10.1. The molecule has 6 heteroatoms. The molecule has 2 aromatic rings. The third-order valence-electron chi connectivity index (χ3n) is 2.05. The van der Waals surface area contributed by atoms with E-state index in [1.807, 2.05) is 24.3 Å². The molecule has 0 bridgehead atoms. The van der Waals surface area contributed by atoms with Crippen LogP contribution < -0.4 is 4.80 Å². The van der Waals surface area contributed by atoms with E-state index in [4.69, 9.17) is 5.26 Å². The molecule has 0 radical (unpaired) electrons. The molecule has 0 saturated heterocycles. The maximum Gasteiger partial charge on any atom is 0.227 e.